The van der Waals surface area contributed by atoms with Crippen LogP contribution < -0.4 is 11.1 Å². The van der Waals surface area contributed by atoms with Gasteiger partial charge in [0.25, 0.3) is 0 Å². The fourth-order valence-electron chi connectivity index (χ4n) is 2.13. The molecule has 0 saturated carbocycles. The molecule has 0 aliphatic heterocycles. The lowest BCUT2D eigenvalue weighted by Crippen LogP contribution is -2.32. The summed E-state index contributed by atoms with van der Waals surface area (Å²) >= 11 is 0. The lowest BCUT2D eigenvalue weighted by atomic mass is 10.3. The molecular formula is C17H25N5O. The molecule has 1 heterocycles. The Hall–Kier alpha value is -2.34. The number of hydrogen-bond donors (Lipinski definition) is 2. The van der Waals surface area contributed by atoms with Gasteiger partial charge in [-0.3, -0.25) is 0 Å². The van der Waals surface area contributed by atoms with Crippen molar-refractivity contribution >= 4 is 5.96 Å². The number of nitrogens with two attached hydrogens (primary N) is 1. The SMILES string of the molecule is CCOCCCNC(N)=NCc1cn(-c2ccccc2)nc1C. The molecular weight excluding hydrogens is 290 g/mol. The number of nitrogens with one attached hydrogen (secondary N) is 1. The summed E-state index contributed by atoms with van der Waals surface area (Å²) in [6, 6.07) is 10.0. The van der Waals surface area contributed by atoms with Crippen molar-refractivity contribution in [2.45, 2.75) is 26.8 Å². The van der Waals surface area contributed by atoms with E-state index in [0.717, 1.165) is 43.1 Å². The predicted molar refractivity (Wildman–Crippen MR) is 92.7 cm³/mol. The topological polar surface area (TPSA) is 77.5 Å². The number of guanidine groups is 1. The molecule has 0 aliphatic carbocycles. The van der Waals surface area contributed by atoms with Gasteiger partial charge < -0.3 is 15.8 Å². The average molecular weight is 315 g/mol. The van der Waals surface area contributed by atoms with Crippen molar-refractivity contribution < 1.29 is 4.74 Å². The van der Waals surface area contributed by atoms with Crippen LogP contribution in [0.5, 0.6) is 0 Å². The van der Waals surface area contributed by atoms with Crippen molar-refractivity contribution in [3.05, 3.63) is 47.8 Å². The molecule has 0 spiro atoms. The van der Waals surface area contributed by atoms with Crippen molar-refractivity contribution in [1.29, 1.82) is 0 Å². The van der Waals surface area contributed by atoms with Crippen LogP contribution in [-0.2, 0) is 11.3 Å². The second kappa shape index (κ2) is 8.95. The number of nitrogens with zero attached hydrogens (tertiary/aromatic N) is 3. The van der Waals surface area contributed by atoms with Crippen molar-refractivity contribution in [3.8, 4) is 5.69 Å². The Balaban J connectivity index is 1.88. The van der Waals surface area contributed by atoms with Gasteiger partial charge in [-0.25, -0.2) is 9.67 Å². The van der Waals surface area contributed by atoms with E-state index in [1.165, 1.54) is 0 Å². The predicted octanol–water partition coefficient (Wildman–Crippen LogP) is 2.01. The highest BCUT2D eigenvalue weighted by atomic mass is 16.5. The molecule has 0 amide bonds. The van der Waals surface area contributed by atoms with Gasteiger partial charge >= 0.3 is 0 Å². The van der Waals surface area contributed by atoms with Gasteiger partial charge in [0.1, 0.15) is 0 Å². The second-order valence-corrected chi connectivity index (χ2v) is 5.20. The molecule has 124 valence electrons. The Bertz CT molecular complexity index is 621. The minimum absolute atomic E-state index is 0.452. The molecule has 1 aromatic heterocycles. The van der Waals surface area contributed by atoms with E-state index >= 15 is 0 Å². The van der Waals surface area contributed by atoms with Crippen LogP contribution in [0, 0.1) is 6.92 Å². The highest BCUT2D eigenvalue weighted by Gasteiger charge is 2.05. The minimum atomic E-state index is 0.452. The normalized spacial score (nSPS) is 11.7. The zero-order chi connectivity index (χ0) is 16.5. The van der Waals surface area contributed by atoms with Crippen LogP contribution >= 0.6 is 0 Å². The first-order valence-electron chi connectivity index (χ1n) is 7.92. The number of para-hydroxylation sites is 1. The Morgan fingerprint density at radius 3 is 2.87 bits per heavy atom. The molecule has 0 unspecified atom stereocenters. The van der Waals surface area contributed by atoms with Gasteiger partial charge in [-0.15, -0.1) is 0 Å². The molecule has 0 bridgehead atoms. The first kappa shape index (κ1) is 17.0. The summed E-state index contributed by atoms with van der Waals surface area (Å²) in [5, 5.41) is 7.61. The first-order valence-corrected chi connectivity index (χ1v) is 7.92. The standard InChI is InChI=1S/C17H25N5O/c1-3-23-11-7-10-19-17(18)20-12-15-13-22(21-14(15)2)16-8-5-4-6-9-16/h4-6,8-9,13H,3,7,10-12H2,1-2H3,(H3,18,19,20). The van der Waals surface area contributed by atoms with Gasteiger partial charge in [-0.05, 0) is 32.4 Å². The molecule has 0 fully saturated rings. The lowest BCUT2D eigenvalue weighted by Gasteiger charge is -2.05. The monoisotopic (exact) mass is 315 g/mol. The number of ether oxygens (including phenoxy) is 1. The third-order valence-electron chi connectivity index (χ3n) is 3.42. The van der Waals surface area contributed by atoms with Gasteiger partial charge in [0.05, 0.1) is 17.9 Å². The third-order valence-corrected chi connectivity index (χ3v) is 3.42. The van der Waals surface area contributed by atoms with E-state index in [1.807, 2.05) is 55.1 Å². The number of aromatic nitrogens is 2. The van der Waals surface area contributed by atoms with Gasteiger partial charge in [0, 0.05) is 31.5 Å². The summed E-state index contributed by atoms with van der Waals surface area (Å²) in [5.74, 6) is 0.452. The molecule has 3 N–H and O–H groups in total. The molecule has 6 heteroatoms. The molecule has 23 heavy (non-hydrogen) atoms. The zero-order valence-electron chi connectivity index (χ0n) is 13.8. The third kappa shape index (κ3) is 5.41. The summed E-state index contributed by atoms with van der Waals surface area (Å²) in [7, 11) is 0. The van der Waals surface area contributed by atoms with E-state index in [9.17, 15) is 0 Å². The minimum Gasteiger partial charge on any atom is -0.382 e. The molecule has 6 nitrogen and oxygen atoms in total. The van der Waals surface area contributed by atoms with E-state index in [2.05, 4.69) is 15.4 Å². The average Bonchev–Trinajstić information content (AvgIpc) is 2.94. The van der Waals surface area contributed by atoms with E-state index in [1.54, 1.807) is 0 Å². The van der Waals surface area contributed by atoms with Crippen LogP contribution in [0.15, 0.2) is 41.5 Å². The summed E-state index contributed by atoms with van der Waals surface area (Å²) in [6.07, 6.45) is 2.91. The fraction of sp³-hybridized carbons (Fsp3) is 0.412. The number of hydrogen-bond acceptors (Lipinski definition) is 3. The van der Waals surface area contributed by atoms with E-state index < -0.39 is 0 Å². The second-order valence-electron chi connectivity index (χ2n) is 5.20. The van der Waals surface area contributed by atoms with Crippen LogP contribution in [0.2, 0.25) is 0 Å². The first-order chi connectivity index (χ1) is 11.2. The van der Waals surface area contributed by atoms with Crippen molar-refractivity contribution in [2.24, 2.45) is 10.7 Å². The maximum absolute atomic E-state index is 5.88. The number of benzene rings is 1. The van der Waals surface area contributed by atoms with Crippen LogP contribution in [0.1, 0.15) is 24.6 Å². The van der Waals surface area contributed by atoms with Gasteiger partial charge in [0.2, 0.25) is 0 Å². The molecule has 0 atom stereocenters. The highest BCUT2D eigenvalue weighted by molar-refractivity contribution is 5.77. The van der Waals surface area contributed by atoms with Crippen LogP contribution in [0.3, 0.4) is 0 Å². The number of aliphatic imine (C=N–C) groups is 1. The van der Waals surface area contributed by atoms with Crippen LogP contribution in [0.25, 0.3) is 5.69 Å². The molecule has 2 aromatic rings. The van der Waals surface area contributed by atoms with Crippen molar-refractivity contribution in [3.63, 3.8) is 0 Å². The zero-order valence-corrected chi connectivity index (χ0v) is 13.8. The highest BCUT2D eigenvalue weighted by Crippen LogP contribution is 2.12. The smallest absolute Gasteiger partial charge is 0.188 e. The van der Waals surface area contributed by atoms with Gasteiger partial charge in [-0.1, -0.05) is 18.2 Å². The Morgan fingerprint density at radius 2 is 2.13 bits per heavy atom. The fourth-order valence-corrected chi connectivity index (χ4v) is 2.13. The number of aryl methyl sites for hydroxylation is 1. The summed E-state index contributed by atoms with van der Waals surface area (Å²) in [6.45, 7) is 6.73. The summed E-state index contributed by atoms with van der Waals surface area (Å²) in [5.41, 5.74) is 8.93. The largest absolute Gasteiger partial charge is 0.382 e. The summed E-state index contributed by atoms with van der Waals surface area (Å²) in [4.78, 5) is 4.37. The van der Waals surface area contributed by atoms with Crippen molar-refractivity contribution in [2.75, 3.05) is 19.8 Å². The molecule has 0 aliphatic rings. The van der Waals surface area contributed by atoms with E-state index in [0.29, 0.717) is 12.5 Å². The van der Waals surface area contributed by atoms with Crippen molar-refractivity contribution in [1.82, 2.24) is 15.1 Å². The van der Waals surface area contributed by atoms with Gasteiger partial charge in [0.15, 0.2) is 5.96 Å². The van der Waals surface area contributed by atoms with Crippen LogP contribution in [0.4, 0.5) is 0 Å². The Kier molecular flexibility index (Phi) is 6.62. The quantitative estimate of drug-likeness (QED) is 0.444. The van der Waals surface area contributed by atoms with E-state index in [4.69, 9.17) is 10.5 Å². The molecule has 1 aromatic carbocycles. The maximum atomic E-state index is 5.88. The van der Waals surface area contributed by atoms with E-state index in [-0.39, 0.29) is 0 Å². The molecule has 0 saturated heterocycles. The Labute approximate surface area is 137 Å². The number of rotatable bonds is 8. The maximum Gasteiger partial charge on any atom is 0.188 e. The lowest BCUT2D eigenvalue weighted by molar-refractivity contribution is 0.145. The van der Waals surface area contributed by atoms with Gasteiger partial charge in [-0.2, -0.15) is 5.10 Å². The Morgan fingerprint density at radius 1 is 1.35 bits per heavy atom. The van der Waals surface area contributed by atoms with Crippen LogP contribution in [-0.4, -0.2) is 35.5 Å². The molecule has 2 rings (SSSR count). The molecule has 0 radical (unpaired) electrons. The summed E-state index contributed by atoms with van der Waals surface area (Å²) < 4.78 is 7.14.